The summed E-state index contributed by atoms with van der Waals surface area (Å²) in [5.74, 6) is 1.15. The van der Waals surface area contributed by atoms with Gasteiger partial charge in [-0.25, -0.2) is 8.42 Å². The lowest BCUT2D eigenvalue weighted by Crippen LogP contribution is -2.48. The number of nitrogens with zero attached hydrogens (tertiary/aromatic N) is 2. The number of likely N-dealkylation sites (tertiary alicyclic amines) is 1. The largest absolute Gasteiger partial charge is 0.454 e. The van der Waals surface area contributed by atoms with Crippen LogP contribution in [0.1, 0.15) is 19.8 Å². The summed E-state index contributed by atoms with van der Waals surface area (Å²) in [6.07, 6.45) is 1.14. The summed E-state index contributed by atoms with van der Waals surface area (Å²) in [5.41, 5.74) is 0.536. The number of carbonyl (C=O) groups is 1. The van der Waals surface area contributed by atoms with Gasteiger partial charge in [-0.3, -0.25) is 9.10 Å². The number of benzene rings is 2. The monoisotopic (exact) mass is 402 g/mol. The Morgan fingerprint density at radius 2 is 1.71 bits per heavy atom. The van der Waals surface area contributed by atoms with Crippen molar-refractivity contribution < 1.29 is 22.7 Å². The third kappa shape index (κ3) is 3.40. The Balaban J connectivity index is 1.73. The van der Waals surface area contributed by atoms with Gasteiger partial charge < -0.3 is 14.4 Å². The number of amides is 1. The zero-order valence-corrected chi connectivity index (χ0v) is 16.4. The van der Waals surface area contributed by atoms with Crippen LogP contribution in [0.25, 0.3) is 0 Å². The molecule has 1 fully saturated rings. The van der Waals surface area contributed by atoms with Crippen molar-refractivity contribution in [1.29, 1.82) is 0 Å². The molecule has 148 valence electrons. The van der Waals surface area contributed by atoms with Crippen LogP contribution in [0.2, 0.25) is 0 Å². The van der Waals surface area contributed by atoms with Crippen molar-refractivity contribution in [3.8, 4) is 11.5 Å². The molecule has 2 aromatic rings. The SMILES string of the molecule is CC(=O)N1CCC(N(c2ccc3c(c2)OCO3)S(=O)(=O)c2ccccc2)CC1. The van der Waals surface area contributed by atoms with Crippen LogP contribution in [-0.2, 0) is 14.8 Å². The predicted octanol–water partition coefficient (Wildman–Crippen LogP) is 2.62. The van der Waals surface area contributed by atoms with Gasteiger partial charge in [0.2, 0.25) is 12.7 Å². The summed E-state index contributed by atoms with van der Waals surface area (Å²) in [4.78, 5) is 13.6. The summed E-state index contributed by atoms with van der Waals surface area (Å²) in [6.45, 7) is 2.73. The van der Waals surface area contributed by atoms with E-state index >= 15 is 0 Å². The van der Waals surface area contributed by atoms with Crippen LogP contribution < -0.4 is 13.8 Å². The second-order valence-corrected chi connectivity index (χ2v) is 8.70. The van der Waals surface area contributed by atoms with E-state index in [0.29, 0.717) is 43.1 Å². The van der Waals surface area contributed by atoms with Crippen molar-refractivity contribution in [1.82, 2.24) is 4.90 Å². The first-order valence-corrected chi connectivity index (χ1v) is 10.7. The normalized spacial score (nSPS) is 16.8. The van der Waals surface area contributed by atoms with Crippen molar-refractivity contribution in [2.75, 3.05) is 24.2 Å². The maximum Gasteiger partial charge on any atom is 0.264 e. The van der Waals surface area contributed by atoms with Crippen molar-refractivity contribution in [3.63, 3.8) is 0 Å². The van der Waals surface area contributed by atoms with Crippen LogP contribution in [-0.4, -0.2) is 45.1 Å². The van der Waals surface area contributed by atoms with Crippen molar-refractivity contribution in [2.45, 2.75) is 30.7 Å². The Labute approximate surface area is 164 Å². The molecule has 2 heterocycles. The van der Waals surface area contributed by atoms with E-state index in [2.05, 4.69) is 0 Å². The average molecular weight is 402 g/mol. The smallest absolute Gasteiger partial charge is 0.264 e. The molecule has 0 atom stereocenters. The zero-order valence-electron chi connectivity index (χ0n) is 15.6. The molecule has 8 heteroatoms. The highest BCUT2D eigenvalue weighted by Crippen LogP contribution is 2.38. The first-order chi connectivity index (χ1) is 13.5. The van der Waals surface area contributed by atoms with Gasteiger partial charge in [-0.1, -0.05) is 18.2 Å². The number of hydrogen-bond acceptors (Lipinski definition) is 5. The molecule has 0 bridgehead atoms. The van der Waals surface area contributed by atoms with Gasteiger partial charge in [-0.2, -0.15) is 0 Å². The van der Waals surface area contributed by atoms with Crippen LogP contribution in [0.4, 0.5) is 5.69 Å². The Bertz CT molecular complexity index is 969. The number of carbonyl (C=O) groups excluding carboxylic acids is 1. The Kier molecular flexibility index (Phi) is 4.89. The lowest BCUT2D eigenvalue weighted by Gasteiger charge is -2.38. The van der Waals surface area contributed by atoms with Gasteiger partial charge in [0.15, 0.2) is 11.5 Å². The first-order valence-electron chi connectivity index (χ1n) is 9.21. The topological polar surface area (TPSA) is 76.2 Å². The van der Waals surface area contributed by atoms with Gasteiger partial charge in [0.25, 0.3) is 10.0 Å². The lowest BCUT2D eigenvalue weighted by atomic mass is 10.0. The number of hydrogen-bond donors (Lipinski definition) is 0. The second-order valence-electron chi connectivity index (χ2n) is 6.89. The van der Waals surface area contributed by atoms with Crippen LogP contribution in [0.5, 0.6) is 11.5 Å². The fourth-order valence-electron chi connectivity index (χ4n) is 3.69. The average Bonchev–Trinajstić information content (AvgIpc) is 3.17. The highest BCUT2D eigenvalue weighted by atomic mass is 32.2. The number of anilines is 1. The third-order valence-electron chi connectivity index (χ3n) is 5.15. The summed E-state index contributed by atoms with van der Waals surface area (Å²) in [6, 6.07) is 13.3. The number of ether oxygens (including phenoxy) is 2. The zero-order chi connectivity index (χ0) is 19.7. The lowest BCUT2D eigenvalue weighted by molar-refractivity contribution is -0.129. The molecule has 1 saturated heterocycles. The molecule has 1 amide bonds. The van der Waals surface area contributed by atoms with E-state index in [9.17, 15) is 13.2 Å². The minimum Gasteiger partial charge on any atom is -0.454 e. The molecule has 0 spiro atoms. The van der Waals surface area contributed by atoms with E-state index in [1.165, 1.54) is 11.2 Å². The van der Waals surface area contributed by atoms with Crippen molar-refractivity contribution in [2.24, 2.45) is 0 Å². The first kappa shape index (κ1) is 18.6. The molecule has 2 aliphatic rings. The molecule has 0 saturated carbocycles. The van der Waals surface area contributed by atoms with E-state index in [1.807, 2.05) is 0 Å². The molecular weight excluding hydrogens is 380 g/mol. The fourth-order valence-corrected chi connectivity index (χ4v) is 5.41. The van der Waals surface area contributed by atoms with Crippen LogP contribution in [0, 0.1) is 0 Å². The van der Waals surface area contributed by atoms with Gasteiger partial charge in [-0.15, -0.1) is 0 Å². The highest BCUT2D eigenvalue weighted by molar-refractivity contribution is 7.92. The maximum absolute atomic E-state index is 13.5. The number of rotatable bonds is 4. The Morgan fingerprint density at radius 1 is 1.04 bits per heavy atom. The fraction of sp³-hybridized carbons (Fsp3) is 0.350. The molecule has 28 heavy (non-hydrogen) atoms. The van der Waals surface area contributed by atoms with E-state index in [0.717, 1.165) is 0 Å². The molecule has 2 aromatic carbocycles. The molecule has 0 radical (unpaired) electrons. The molecular formula is C20H22N2O5S. The summed E-state index contributed by atoms with van der Waals surface area (Å²) < 4.78 is 39.3. The van der Waals surface area contributed by atoms with Gasteiger partial charge in [0, 0.05) is 32.1 Å². The van der Waals surface area contributed by atoms with Gasteiger partial charge >= 0.3 is 0 Å². The molecule has 7 nitrogen and oxygen atoms in total. The summed E-state index contributed by atoms with van der Waals surface area (Å²) >= 11 is 0. The van der Waals surface area contributed by atoms with Gasteiger partial charge in [-0.05, 0) is 37.1 Å². The number of piperidine rings is 1. The molecule has 0 aromatic heterocycles. The molecule has 0 N–H and O–H groups in total. The summed E-state index contributed by atoms with van der Waals surface area (Å²) in [7, 11) is -3.78. The number of sulfonamides is 1. The summed E-state index contributed by atoms with van der Waals surface area (Å²) in [5, 5.41) is 0. The molecule has 0 aliphatic carbocycles. The van der Waals surface area contributed by atoms with Crippen LogP contribution >= 0.6 is 0 Å². The second kappa shape index (κ2) is 7.35. The van der Waals surface area contributed by atoms with Crippen molar-refractivity contribution in [3.05, 3.63) is 48.5 Å². The Morgan fingerprint density at radius 3 is 2.39 bits per heavy atom. The molecule has 4 rings (SSSR count). The minimum absolute atomic E-state index is 0.0130. The third-order valence-corrected chi connectivity index (χ3v) is 7.05. The van der Waals surface area contributed by atoms with Crippen LogP contribution in [0.3, 0.4) is 0 Å². The van der Waals surface area contributed by atoms with Crippen molar-refractivity contribution >= 4 is 21.6 Å². The standard InChI is InChI=1S/C20H22N2O5S/c1-15(23)21-11-9-16(10-12-21)22(28(24,25)18-5-3-2-4-6-18)17-7-8-19-20(13-17)27-14-26-19/h2-8,13,16H,9-12,14H2,1H3. The van der Waals surface area contributed by atoms with E-state index in [4.69, 9.17) is 9.47 Å². The van der Waals surface area contributed by atoms with E-state index < -0.39 is 10.0 Å². The Hall–Kier alpha value is -2.74. The van der Waals surface area contributed by atoms with E-state index in [1.54, 1.807) is 53.4 Å². The minimum atomic E-state index is -3.78. The molecule has 0 unspecified atom stereocenters. The molecule has 2 aliphatic heterocycles. The van der Waals surface area contributed by atoms with Gasteiger partial charge in [0.05, 0.1) is 10.6 Å². The van der Waals surface area contributed by atoms with Gasteiger partial charge in [0.1, 0.15) is 0 Å². The highest BCUT2D eigenvalue weighted by Gasteiger charge is 2.35. The van der Waals surface area contributed by atoms with Crippen LogP contribution in [0.15, 0.2) is 53.4 Å². The maximum atomic E-state index is 13.5. The quantitative estimate of drug-likeness (QED) is 0.786. The number of fused-ring (bicyclic) bond motifs is 1. The predicted molar refractivity (Wildman–Crippen MR) is 104 cm³/mol. The van der Waals surface area contributed by atoms with E-state index in [-0.39, 0.29) is 23.6 Å².